The number of hydrogen-bond donors (Lipinski definition) is 4. The van der Waals surface area contributed by atoms with Gasteiger partial charge in [-0.2, -0.15) is 4.98 Å². The normalized spacial score (nSPS) is 13.1. The van der Waals surface area contributed by atoms with E-state index in [-0.39, 0.29) is 5.91 Å². The predicted molar refractivity (Wildman–Crippen MR) is 149 cm³/mol. The molecule has 204 valence electrons. The number of aromatic nitrogens is 2. The van der Waals surface area contributed by atoms with E-state index in [1.807, 2.05) is 18.1 Å². The van der Waals surface area contributed by atoms with Gasteiger partial charge in [0.25, 0.3) is 0 Å². The lowest BCUT2D eigenvalue weighted by Gasteiger charge is -2.28. The van der Waals surface area contributed by atoms with Gasteiger partial charge in [0.2, 0.25) is 11.9 Å². The first-order valence-corrected chi connectivity index (χ1v) is 12.6. The van der Waals surface area contributed by atoms with Gasteiger partial charge in [0.15, 0.2) is 0 Å². The van der Waals surface area contributed by atoms with Crippen molar-refractivity contribution in [3.8, 4) is 11.8 Å². The van der Waals surface area contributed by atoms with Crippen LogP contribution >= 0.6 is 0 Å². The fourth-order valence-electron chi connectivity index (χ4n) is 3.64. The van der Waals surface area contributed by atoms with Crippen LogP contribution in [0.2, 0.25) is 0 Å². The molecule has 2 heterocycles. The van der Waals surface area contributed by atoms with Crippen molar-refractivity contribution >= 4 is 35.1 Å². The Hall–Kier alpha value is -4.04. The highest BCUT2D eigenvalue weighted by atomic mass is 16.6. The lowest BCUT2D eigenvalue weighted by atomic mass is 10.1. The standard InChI is InChI=1S/C27H38N8O3/c1-18(34(6)26(37)38-27(2,3)4)24(36)29-14-10-8-9-11-19-16-30-25(33-23(19)28-5)32-21-12-13-22-20(15-21)17-31-35(22)7/h12-13,15-16,18,31H,8,10,14,17H2,1-7H3,(H,29,36)(H2,28,30,32,33)/t18-/m0/s1. The Labute approximate surface area is 224 Å². The first kappa shape index (κ1) is 28.5. The largest absolute Gasteiger partial charge is 0.444 e. The van der Waals surface area contributed by atoms with Gasteiger partial charge in [-0.25, -0.2) is 15.2 Å². The van der Waals surface area contributed by atoms with E-state index in [9.17, 15) is 9.59 Å². The Morgan fingerprint density at radius 3 is 2.79 bits per heavy atom. The summed E-state index contributed by atoms with van der Waals surface area (Å²) in [6, 6.07) is 5.48. The molecule has 11 heteroatoms. The van der Waals surface area contributed by atoms with Crippen LogP contribution in [0.5, 0.6) is 0 Å². The third kappa shape index (κ3) is 7.73. The van der Waals surface area contributed by atoms with Gasteiger partial charge in [0.05, 0.1) is 17.4 Å². The molecule has 2 amide bonds. The summed E-state index contributed by atoms with van der Waals surface area (Å²) in [5.74, 6) is 7.07. The number of fused-ring (bicyclic) bond motifs is 1. The number of unbranched alkanes of at least 4 members (excludes halogenated alkanes) is 1. The second-order valence-electron chi connectivity index (χ2n) is 10.0. The summed E-state index contributed by atoms with van der Waals surface area (Å²) in [6.45, 7) is 8.25. The van der Waals surface area contributed by atoms with Crippen LogP contribution in [0.3, 0.4) is 0 Å². The van der Waals surface area contributed by atoms with Gasteiger partial charge in [-0.1, -0.05) is 11.8 Å². The minimum Gasteiger partial charge on any atom is -0.444 e. The van der Waals surface area contributed by atoms with E-state index >= 15 is 0 Å². The summed E-state index contributed by atoms with van der Waals surface area (Å²) in [5, 5.41) is 11.2. The zero-order chi connectivity index (χ0) is 27.9. The van der Waals surface area contributed by atoms with Crippen LogP contribution in [0.15, 0.2) is 24.4 Å². The second kappa shape index (κ2) is 12.5. The molecular weight excluding hydrogens is 484 g/mol. The fraction of sp³-hybridized carbons (Fsp3) is 0.481. The Kier molecular flexibility index (Phi) is 9.36. The van der Waals surface area contributed by atoms with Gasteiger partial charge in [0.1, 0.15) is 17.5 Å². The maximum atomic E-state index is 12.4. The topological polar surface area (TPSA) is 124 Å². The Balaban J connectivity index is 1.47. The highest BCUT2D eigenvalue weighted by Gasteiger charge is 2.26. The SMILES string of the molecule is CNc1nc(Nc2ccc3c(c2)CNN3C)ncc1C#CCCCNC(=O)[C@H](C)N(C)C(=O)OC(C)(C)C. The molecule has 3 rings (SSSR count). The maximum Gasteiger partial charge on any atom is 0.410 e. The first-order chi connectivity index (χ1) is 18.0. The lowest BCUT2D eigenvalue weighted by Crippen LogP contribution is -2.47. The van der Waals surface area contributed by atoms with Gasteiger partial charge >= 0.3 is 6.09 Å². The summed E-state index contributed by atoms with van der Waals surface area (Å²) >= 11 is 0. The van der Waals surface area contributed by atoms with Crippen LogP contribution < -0.4 is 26.4 Å². The number of nitrogens with zero attached hydrogens (tertiary/aromatic N) is 4. The Bertz CT molecular complexity index is 1220. The molecule has 0 fully saturated rings. The van der Waals surface area contributed by atoms with E-state index in [2.05, 4.69) is 55.3 Å². The molecule has 1 aromatic heterocycles. The van der Waals surface area contributed by atoms with Crippen LogP contribution in [-0.2, 0) is 16.1 Å². The van der Waals surface area contributed by atoms with Crippen molar-refractivity contribution in [2.75, 3.05) is 43.3 Å². The lowest BCUT2D eigenvalue weighted by molar-refractivity contribution is -0.125. The van der Waals surface area contributed by atoms with Crippen molar-refractivity contribution in [2.45, 2.75) is 58.7 Å². The van der Waals surface area contributed by atoms with E-state index in [1.54, 1.807) is 48.0 Å². The van der Waals surface area contributed by atoms with Crippen molar-refractivity contribution in [2.24, 2.45) is 0 Å². The number of ether oxygens (including phenoxy) is 1. The molecular formula is C27H38N8O3. The van der Waals surface area contributed by atoms with E-state index in [0.717, 1.165) is 17.9 Å². The van der Waals surface area contributed by atoms with Crippen molar-refractivity contribution < 1.29 is 14.3 Å². The number of likely N-dealkylation sites (N-methyl/N-ethyl adjacent to an activating group) is 1. The van der Waals surface area contributed by atoms with Gasteiger partial charge in [0, 0.05) is 46.3 Å². The number of anilines is 4. The molecule has 0 bridgehead atoms. The van der Waals surface area contributed by atoms with E-state index in [0.29, 0.717) is 36.7 Å². The van der Waals surface area contributed by atoms with Crippen LogP contribution in [0.4, 0.5) is 27.9 Å². The summed E-state index contributed by atoms with van der Waals surface area (Å²) in [5.41, 5.74) is 6.61. The van der Waals surface area contributed by atoms with Crippen molar-refractivity contribution in [1.82, 2.24) is 25.6 Å². The van der Waals surface area contributed by atoms with Crippen molar-refractivity contribution in [3.05, 3.63) is 35.5 Å². The molecule has 1 aliphatic heterocycles. The minimum absolute atomic E-state index is 0.244. The molecule has 4 N–H and O–H groups in total. The third-order valence-corrected chi connectivity index (χ3v) is 5.87. The number of carbonyl (C=O) groups is 2. The van der Waals surface area contributed by atoms with Crippen LogP contribution in [0, 0.1) is 11.8 Å². The molecule has 11 nitrogen and oxygen atoms in total. The Morgan fingerprint density at radius 1 is 1.32 bits per heavy atom. The quantitative estimate of drug-likeness (QED) is 0.306. The zero-order valence-electron chi connectivity index (χ0n) is 23.2. The number of nitrogens with one attached hydrogen (secondary N) is 4. The second-order valence-corrected chi connectivity index (χ2v) is 10.0. The molecule has 0 saturated heterocycles. The van der Waals surface area contributed by atoms with E-state index in [1.165, 1.54) is 10.5 Å². The van der Waals surface area contributed by atoms with Gasteiger partial charge < -0.3 is 25.7 Å². The third-order valence-electron chi connectivity index (χ3n) is 5.87. The first-order valence-electron chi connectivity index (χ1n) is 12.6. The average Bonchev–Trinajstić information content (AvgIpc) is 3.24. The number of rotatable bonds is 8. The van der Waals surface area contributed by atoms with Crippen molar-refractivity contribution in [1.29, 1.82) is 0 Å². The van der Waals surface area contributed by atoms with Crippen LogP contribution in [0.1, 0.15) is 51.7 Å². The molecule has 1 aliphatic rings. The van der Waals surface area contributed by atoms with Gasteiger partial charge in [-0.3, -0.25) is 9.69 Å². The molecule has 1 atom stereocenters. The summed E-state index contributed by atoms with van der Waals surface area (Å²) in [6.07, 6.45) is 2.40. The molecule has 38 heavy (non-hydrogen) atoms. The van der Waals surface area contributed by atoms with Crippen molar-refractivity contribution in [3.63, 3.8) is 0 Å². The fourth-order valence-corrected chi connectivity index (χ4v) is 3.64. The predicted octanol–water partition coefficient (Wildman–Crippen LogP) is 3.22. The smallest absolute Gasteiger partial charge is 0.410 e. The van der Waals surface area contributed by atoms with E-state index < -0.39 is 17.7 Å². The van der Waals surface area contributed by atoms with Crippen LogP contribution in [0.25, 0.3) is 0 Å². The molecule has 1 aromatic carbocycles. The number of hydrogen-bond acceptors (Lipinski definition) is 9. The Morgan fingerprint density at radius 2 is 2.08 bits per heavy atom. The minimum atomic E-state index is -0.645. The van der Waals surface area contributed by atoms with Crippen LogP contribution in [-0.4, -0.2) is 66.2 Å². The number of amides is 2. The highest BCUT2D eigenvalue weighted by Crippen LogP contribution is 2.28. The highest BCUT2D eigenvalue weighted by molar-refractivity contribution is 5.85. The van der Waals surface area contributed by atoms with E-state index in [4.69, 9.17) is 4.74 Å². The van der Waals surface area contributed by atoms with Gasteiger partial charge in [-0.05, 0) is 57.9 Å². The molecule has 0 aliphatic carbocycles. The molecule has 0 unspecified atom stereocenters. The average molecular weight is 523 g/mol. The number of benzene rings is 1. The monoisotopic (exact) mass is 522 g/mol. The number of hydrazine groups is 1. The number of carbonyl (C=O) groups excluding carboxylic acids is 2. The maximum absolute atomic E-state index is 12.4. The molecule has 0 radical (unpaired) electrons. The molecule has 2 aromatic rings. The summed E-state index contributed by atoms with van der Waals surface area (Å²) < 4.78 is 5.31. The summed E-state index contributed by atoms with van der Waals surface area (Å²) in [4.78, 5) is 34.8. The molecule has 0 spiro atoms. The molecule has 0 saturated carbocycles. The van der Waals surface area contributed by atoms with Gasteiger partial charge in [-0.15, -0.1) is 0 Å². The zero-order valence-corrected chi connectivity index (χ0v) is 23.2. The summed E-state index contributed by atoms with van der Waals surface area (Å²) in [7, 11) is 5.33.